The van der Waals surface area contributed by atoms with Crippen molar-refractivity contribution in [1.29, 1.82) is 0 Å². The van der Waals surface area contributed by atoms with Crippen LogP contribution in [0.15, 0.2) is 12.1 Å². The molecule has 1 aromatic rings. The molecule has 1 saturated heterocycles. The molecule has 2 atom stereocenters. The number of anilines is 1. The van der Waals surface area contributed by atoms with Crippen LogP contribution in [0.4, 0.5) is 5.69 Å². The Labute approximate surface area is 163 Å². The number of nitrogens with zero attached hydrogens (tertiary/aromatic N) is 1. The summed E-state index contributed by atoms with van der Waals surface area (Å²) in [5.74, 6) is 0.0978. The number of carbonyl (C=O) groups excluding carboxylic acids is 2. The fraction of sp³-hybridized carbons (Fsp3) is 0.619. The van der Waals surface area contributed by atoms with E-state index in [1.54, 1.807) is 4.90 Å². The molecule has 1 aromatic carbocycles. The number of hydrogen-bond donors (Lipinski definition) is 3. The second-order valence-corrected chi connectivity index (χ2v) is 8.00. The van der Waals surface area contributed by atoms with Crippen molar-refractivity contribution in [3.8, 4) is 0 Å². The van der Waals surface area contributed by atoms with Crippen LogP contribution in [0.2, 0.25) is 0 Å². The molecular formula is C21H36N4O2+2. The first-order valence-electron chi connectivity index (χ1n) is 10.0. The molecule has 1 aliphatic rings. The monoisotopic (exact) mass is 376 g/mol. The molecule has 27 heavy (non-hydrogen) atoms. The van der Waals surface area contributed by atoms with Gasteiger partial charge < -0.3 is 20.0 Å². The third-order valence-corrected chi connectivity index (χ3v) is 5.77. The Morgan fingerprint density at radius 3 is 2.26 bits per heavy atom. The lowest BCUT2D eigenvalue weighted by atomic mass is 10.1. The van der Waals surface area contributed by atoms with Crippen LogP contribution in [0.1, 0.15) is 30.5 Å². The second kappa shape index (κ2) is 9.33. The number of aryl methyl sites for hydroxylation is 3. The first-order valence-corrected chi connectivity index (χ1v) is 10.0. The largest absolute Gasteiger partial charge is 0.332 e. The van der Waals surface area contributed by atoms with Crippen molar-refractivity contribution < 1.29 is 19.4 Å². The first-order chi connectivity index (χ1) is 12.7. The van der Waals surface area contributed by atoms with Gasteiger partial charge in [-0.25, -0.2) is 0 Å². The highest BCUT2D eigenvalue weighted by molar-refractivity contribution is 5.93. The lowest BCUT2D eigenvalue weighted by Crippen LogP contribution is -3.16. The van der Waals surface area contributed by atoms with Gasteiger partial charge in [-0.3, -0.25) is 9.59 Å². The Bertz CT molecular complexity index is 658. The maximum atomic E-state index is 12.8. The van der Waals surface area contributed by atoms with Crippen molar-refractivity contribution >= 4 is 17.5 Å². The molecule has 1 heterocycles. The highest BCUT2D eigenvalue weighted by Crippen LogP contribution is 2.21. The summed E-state index contributed by atoms with van der Waals surface area (Å²) in [6, 6.07) is 3.92. The van der Waals surface area contributed by atoms with Gasteiger partial charge >= 0.3 is 0 Å². The van der Waals surface area contributed by atoms with Gasteiger partial charge in [0.2, 0.25) is 0 Å². The fourth-order valence-electron chi connectivity index (χ4n) is 3.85. The first kappa shape index (κ1) is 21.4. The van der Waals surface area contributed by atoms with Gasteiger partial charge in [0, 0.05) is 5.69 Å². The van der Waals surface area contributed by atoms with Crippen molar-refractivity contribution in [2.45, 2.75) is 40.7 Å². The Kier molecular flexibility index (Phi) is 7.39. The molecule has 0 aromatic heterocycles. The quantitative estimate of drug-likeness (QED) is 0.609. The van der Waals surface area contributed by atoms with Gasteiger partial charge in [0.15, 0.2) is 12.6 Å². The van der Waals surface area contributed by atoms with E-state index in [1.807, 2.05) is 32.7 Å². The van der Waals surface area contributed by atoms with Crippen molar-refractivity contribution in [1.82, 2.24) is 4.90 Å². The normalized spacial score (nSPS) is 17.5. The summed E-state index contributed by atoms with van der Waals surface area (Å²) in [6.45, 7) is 15.2. The Morgan fingerprint density at radius 1 is 1.19 bits per heavy atom. The Morgan fingerprint density at radius 2 is 1.74 bits per heavy atom. The van der Waals surface area contributed by atoms with E-state index in [1.165, 1.54) is 5.56 Å². The highest BCUT2D eigenvalue weighted by Gasteiger charge is 2.31. The van der Waals surface area contributed by atoms with Gasteiger partial charge in [0.1, 0.15) is 0 Å². The molecule has 1 fully saturated rings. The lowest BCUT2D eigenvalue weighted by Gasteiger charge is -2.33. The molecule has 6 heteroatoms. The summed E-state index contributed by atoms with van der Waals surface area (Å²) in [7, 11) is 1.92. The van der Waals surface area contributed by atoms with E-state index in [4.69, 9.17) is 0 Å². The molecule has 6 nitrogen and oxygen atoms in total. The Hall–Kier alpha value is -1.92. The standard InChI is InChI=1S/C21H34N4O2/c1-7-24-8-10-25(11-9-24)21(27)18(5)23(6)14-19(26)22-20-16(3)12-15(2)13-17(20)4/h12-13,18H,7-11,14H2,1-6H3,(H,22,26)/p+2/t18-/m1/s1. The number of benzene rings is 1. The van der Waals surface area contributed by atoms with Gasteiger partial charge in [0.25, 0.3) is 11.8 Å². The van der Waals surface area contributed by atoms with Gasteiger partial charge in [-0.1, -0.05) is 17.7 Å². The molecule has 3 N–H and O–H groups in total. The number of carbonyl (C=O) groups is 2. The zero-order valence-corrected chi connectivity index (χ0v) is 17.7. The van der Waals surface area contributed by atoms with Gasteiger partial charge in [-0.2, -0.15) is 0 Å². The lowest BCUT2D eigenvalue weighted by molar-refractivity contribution is -0.903. The summed E-state index contributed by atoms with van der Waals surface area (Å²) in [6.07, 6.45) is 0. The number of rotatable bonds is 6. The van der Waals surface area contributed by atoms with Crippen LogP contribution in [0.25, 0.3) is 0 Å². The predicted molar refractivity (Wildman–Crippen MR) is 108 cm³/mol. The minimum absolute atomic E-state index is 0.0533. The van der Waals surface area contributed by atoms with Crippen LogP contribution in [0.3, 0.4) is 0 Å². The minimum atomic E-state index is -0.223. The van der Waals surface area contributed by atoms with Gasteiger partial charge in [-0.15, -0.1) is 0 Å². The van der Waals surface area contributed by atoms with Crippen molar-refractivity contribution in [2.75, 3.05) is 51.6 Å². The number of nitrogens with one attached hydrogen (secondary N) is 3. The minimum Gasteiger partial charge on any atom is -0.332 e. The second-order valence-electron chi connectivity index (χ2n) is 8.00. The molecule has 2 amide bonds. The smallest absolute Gasteiger partial charge is 0.280 e. The van der Waals surface area contributed by atoms with Crippen molar-refractivity contribution in [3.05, 3.63) is 28.8 Å². The average molecular weight is 377 g/mol. The van der Waals surface area contributed by atoms with E-state index in [9.17, 15) is 9.59 Å². The molecule has 2 rings (SSSR count). The summed E-state index contributed by atoms with van der Waals surface area (Å²) < 4.78 is 0. The molecular weight excluding hydrogens is 340 g/mol. The summed E-state index contributed by atoms with van der Waals surface area (Å²) in [5.41, 5.74) is 4.21. The number of quaternary nitrogens is 2. The molecule has 0 saturated carbocycles. The van der Waals surface area contributed by atoms with Crippen LogP contribution >= 0.6 is 0 Å². The topological polar surface area (TPSA) is 58.3 Å². The maximum Gasteiger partial charge on any atom is 0.280 e. The van der Waals surface area contributed by atoms with E-state index in [2.05, 4.69) is 31.3 Å². The zero-order chi connectivity index (χ0) is 20.1. The maximum absolute atomic E-state index is 12.8. The van der Waals surface area contributed by atoms with Gasteiger partial charge in [0.05, 0.1) is 39.8 Å². The molecule has 1 aliphatic heterocycles. The van der Waals surface area contributed by atoms with Gasteiger partial charge in [-0.05, 0) is 45.7 Å². The summed E-state index contributed by atoms with van der Waals surface area (Å²) in [5, 5.41) is 3.04. The Balaban J connectivity index is 1.91. The van der Waals surface area contributed by atoms with E-state index < -0.39 is 0 Å². The molecule has 0 bridgehead atoms. The number of amides is 2. The van der Waals surface area contributed by atoms with Crippen molar-refractivity contribution in [3.63, 3.8) is 0 Å². The summed E-state index contributed by atoms with van der Waals surface area (Å²) in [4.78, 5) is 29.8. The van der Waals surface area contributed by atoms with Crippen LogP contribution < -0.4 is 15.1 Å². The molecule has 150 valence electrons. The molecule has 0 radical (unpaired) electrons. The van der Waals surface area contributed by atoms with Crippen molar-refractivity contribution in [2.24, 2.45) is 0 Å². The van der Waals surface area contributed by atoms with E-state index in [0.717, 1.165) is 54.4 Å². The van der Waals surface area contributed by atoms with Crippen LogP contribution in [-0.4, -0.2) is 69.1 Å². The highest BCUT2D eigenvalue weighted by atomic mass is 16.2. The number of hydrogen-bond acceptors (Lipinski definition) is 2. The zero-order valence-electron chi connectivity index (χ0n) is 17.7. The SMILES string of the molecule is CC[NH+]1CCN(C(=O)[C@@H](C)[NH+](C)CC(=O)Nc2c(C)cc(C)cc2C)CC1. The molecule has 0 spiro atoms. The van der Waals surface area contributed by atoms with E-state index in [0.29, 0.717) is 0 Å². The molecule has 0 aliphatic carbocycles. The average Bonchev–Trinajstić information content (AvgIpc) is 2.63. The third kappa shape index (κ3) is 5.53. The fourth-order valence-corrected chi connectivity index (χ4v) is 3.85. The predicted octanol–water partition coefficient (Wildman–Crippen LogP) is -0.799. The number of likely N-dealkylation sites (N-methyl/N-ethyl adjacent to an activating group) is 2. The van der Waals surface area contributed by atoms with E-state index >= 15 is 0 Å². The third-order valence-electron chi connectivity index (χ3n) is 5.77. The van der Waals surface area contributed by atoms with Crippen LogP contribution in [0.5, 0.6) is 0 Å². The molecule has 1 unspecified atom stereocenters. The number of piperazine rings is 1. The van der Waals surface area contributed by atoms with E-state index in [-0.39, 0.29) is 24.4 Å². The summed E-state index contributed by atoms with van der Waals surface area (Å²) >= 11 is 0. The van der Waals surface area contributed by atoms with Crippen LogP contribution in [0, 0.1) is 20.8 Å². The van der Waals surface area contributed by atoms with Crippen LogP contribution in [-0.2, 0) is 9.59 Å².